The Kier molecular flexibility index (Phi) is 4.66. The van der Waals surface area contributed by atoms with E-state index < -0.39 is 0 Å². The van der Waals surface area contributed by atoms with E-state index in [4.69, 9.17) is 9.40 Å². The first-order valence-corrected chi connectivity index (χ1v) is 12.0. The van der Waals surface area contributed by atoms with Crippen molar-refractivity contribution in [1.29, 1.82) is 0 Å². The highest BCUT2D eigenvalue weighted by molar-refractivity contribution is 7.17. The molecule has 1 aliphatic carbocycles. The van der Waals surface area contributed by atoms with E-state index in [2.05, 4.69) is 45.3 Å². The number of nitrogens with zero attached hydrogens (tertiary/aromatic N) is 3. The summed E-state index contributed by atoms with van der Waals surface area (Å²) in [6, 6.07) is 10.5. The number of thiophene rings is 1. The van der Waals surface area contributed by atoms with Gasteiger partial charge in [0.15, 0.2) is 12.2 Å². The molecule has 1 spiro atoms. The molecular weight excluding hydrogens is 422 g/mol. The standard InChI is InChI=1S/C24H25N5O2S/c1-2-15-3-4-17-18(9-15)29(16-10-24(11-16)7-8-25-13-24)23(27-17)28-22(30)21-6-5-20(32-21)19-12-26-14-31-19/h3-6,9,12,14,16,25H,2,7-8,10-11,13H2,1H3,(H,27,28,30). The number of carbonyl (C=O) groups excluding carboxylic acids is 1. The van der Waals surface area contributed by atoms with E-state index in [1.54, 1.807) is 6.20 Å². The maximum Gasteiger partial charge on any atom is 0.268 e. The van der Waals surface area contributed by atoms with Gasteiger partial charge in [-0.05, 0) is 67.5 Å². The first-order valence-electron chi connectivity index (χ1n) is 11.2. The molecular formula is C24H25N5O2S. The molecule has 0 radical (unpaired) electrons. The number of rotatable bonds is 5. The van der Waals surface area contributed by atoms with E-state index in [1.807, 2.05) is 12.1 Å². The highest BCUT2D eigenvalue weighted by atomic mass is 32.1. The van der Waals surface area contributed by atoms with Gasteiger partial charge in [0, 0.05) is 12.6 Å². The molecule has 32 heavy (non-hydrogen) atoms. The lowest BCUT2D eigenvalue weighted by Crippen LogP contribution is -2.40. The van der Waals surface area contributed by atoms with Gasteiger partial charge < -0.3 is 14.3 Å². The fourth-order valence-electron chi connectivity index (χ4n) is 5.18. The van der Waals surface area contributed by atoms with Gasteiger partial charge in [0.25, 0.3) is 5.91 Å². The van der Waals surface area contributed by atoms with Gasteiger partial charge in [-0.3, -0.25) is 10.1 Å². The molecule has 0 unspecified atom stereocenters. The van der Waals surface area contributed by atoms with Gasteiger partial charge in [-0.25, -0.2) is 9.97 Å². The quantitative estimate of drug-likeness (QED) is 0.455. The van der Waals surface area contributed by atoms with E-state index >= 15 is 0 Å². The van der Waals surface area contributed by atoms with Gasteiger partial charge in [0.05, 0.1) is 27.0 Å². The highest BCUT2D eigenvalue weighted by Crippen LogP contribution is 2.53. The Labute approximate surface area is 189 Å². The third-order valence-electron chi connectivity index (χ3n) is 6.93. The third-order valence-corrected chi connectivity index (χ3v) is 8.03. The van der Waals surface area contributed by atoms with Crippen LogP contribution in [0, 0.1) is 5.41 Å². The molecule has 8 heteroatoms. The van der Waals surface area contributed by atoms with Crippen molar-refractivity contribution in [2.75, 3.05) is 18.4 Å². The first kappa shape index (κ1) is 19.7. The Morgan fingerprint density at radius 1 is 1.34 bits per heavy atom. The van der Waals surface area contributed by atoms with Crippen LogP contribution < -0.4 is 10.6 Å². The molecule has 2 aliphatic rings. The van der Waals surface area contributed by atoms with E-state index in [9.17, 15) is 4.79 Å². The Balaban J connectivity index is 1.32. The lowest BCUT2D eigenvalue weighted by atomic mass is 9.65. The average Bonchev–Trinajstić information content (AvgIpc) is 3.57. The number of amides is 1. The molecule has 1 aliphatic heterocycles. The minimum atomic E-state index is -0.149. The normalized spacial score (nSPS) is 22.5. The van der Waals surface area contributed by atoms with Crippen LogP contribution in [0.3, 0.4) is 0 Å². The summed E-state index contributed by atoms with van der Waals surface area (Å²) in [6.07, 6.45) is 7.51. The predicted molar refractivity (Wildman–Crippen MR) is 125 cm³/mol. The van der Waals surface area contributed by atoms with Crippen molar-refractivity contribution >= 4 is 34.2 Å². The van der Waals surface area contributed by atoms with Crippen LogP contribution in [-0.2, 0) is 6.42 Å². The third kappa shape index (κ3) is 3.25. The fourth-order valence-corrected chi connectivity index (χ4v) is 6.03. The molecule has 0 atom stereocenters. The largest absolute Gasteiger partial charge is 0.443 e. The van der Waals surface area contributed by atoms with Crippen molar-refractivity contribution in [3.05, 3.63) is 53.4 Å². The van der Waals surface area contributed by atoms with Gasteiger partial charge in [-0.2, -0.15) is 0 Å². The number of aromatic nitrogens is 3. The second kappa shape index (κ2) is 7.56. The molecule has 0 bridgehead atoms. The number of carbonyl (C=O) groups is 1. The summed E-state index contributed by atoms with van der Waals surface area (Å²) >= 11 is 1.39. The number of anilines is 1. The van der Waals surface area contributed by atoms with E-state index in [0.717, 1.165) is 48.3 Å². The molecule has 1 saturated heterocycles. The molecule has 1 aromatic carbocycles. The number of hydrogen-bond donors (Lipinski definition) is 2. The predicted octanol–water partition coefficient (Wildman–Crippen LogP) is 4.88. The molecule has 164 valence electrons. The monoisotopic (exact) mass is 447 g/mol. The number of fused-ring (bicyclic) bond motifs is 1. The summed E-state index contributed by atoms with van der Waals surface area (Å²) < 4.78 is 7.62. The van der Waals surface area contributed by atoms with Crippen LogP contribution in [0.15, 0.2) is 47.3 Å². The van der Waals surface area contributed by atoms with Gasteiger partial charge in [-0.1, -0.05) is 13.0 Å². The van der Waals surface area contributed by atoms with Gasteiger partial charge in [0.1, 0.15) is 0 Å². The maximum absolute atomic E-state index is 13.1. The van der Waals surface area contributed by atoms with Crippen LogP contribution in [-0.4, -0.2) is 33.5 Å². The molecule has 3 aromatic heterocycles. The SMILES string of the molecule is CCc1ccc2nc(NC(=O)c3ccc(-c4cnco4)s3)n(C3CC4(CCNC4)C3)c2c1. The topological polar surface area (TPSA) is 85.0 Å². The smallest absolute Gasteiger partial charge is 0.268 e. The van der Waals surface area contributed by atoms with Crippen LogP contribution in [0.2, 0.25) is 0 Å². The molecule has 6 rings (SSSR count). The van der Waals surface area contributed by atoms with Crippen molar-refractivity contribution < 1.29 is 9.21 Å². The number of oxazole rings is 1. The minimum Gasteiger partial charge on any atom is -0.443 e. The Bertz CT molecular complexity index is 1280. The zero-order valence-electron chi connectivity index (χ0n) is 17.9. The molecule has 1 saturated carbocycles. The molecule has 4 heterocycles. The van der Waals surface area contributed by atoms with Gasteiger partial charge in [-0.15, -0.1) is 11.3 Å². The summed E-state index contributed by atoms with van der Waals surface area (Å²) in [5, 5.41) is 6.62. The molecule has 2 N–H and O–H groups in total. The van der Waals surface area contributed by atoms with Crippen molar-refractivity contribution in [1.82, 2.24) is 19.9 Å². The van der Waals surface area contributed by atoms with Crippen LogP contribution in [0.25, 0.3) is 21.7 Å². The van der Waals surface area contributed by atoms with Crippen LogP contribution in [0.5, 0.6) is 0 Å². The second-order valence-electron chi connectivity index (χ2n) is 8.95. The van der Waals surface area contributed by atoms with E-state index in [0.29, 0.717) is 28.0 Å². The maximum atomic E-state index is 13.1. The summed E-state index contributed by atoms with van der Waals surface area (Å²) in [5.41, 5.74) is 3.73. The van der Waals surface area contributed by atoms with Crippen LogP contribution in [0.4, 0.5) is 5.95 Å². The van der Waals surface area contributed by atoms with Crippen LogP contribution >= 0.6 is 11.3 Å². The Hall–Kier alpha value is -2.97. The number of aryl methyl sites for hydroxylation is 1. The summed E-state index contributed by atoms with van der Waals surface area (Å²) in [6.45, 7) is 4.36. The summed E-state index contributed by atoms with van der Waals surface area (Å²) in [5.74, 6) is 1.15. The van der Waals surface area contributed by atoms with Crippen LogP contribution in [0.1, 0.15) is 47.5 Å². The second-order valence-corrected chi connectivity index (χ2v) is 10.0. The van der Waals surface area contributed by atoms with Crippen molar-refractivity contribution in [2.24, 2.45) is 5.41 Å². The van der Waals surface area contributed by atoms with Crippen molar-refractivity contribution in [3.8, 4) is 10.6 Å². The highest BCUT2D eigenvalue weighted by Gasteiger charge is 2.47. The number of hydrogen-bond acceptors (Lipinski definition) is 6. The lowest BCUT2D eigenvalue weighted by Gasteiger charge is -2.46. The number of benzene rings is 1. The summed E-state index contributed by atoms with van der Waals surface area (Å²) in [7, 11) is 0. The molecule has 7 nitrogen and oxygen atoms in total. The number of nitrogens with one attached hydrogen (secondary N) is 2. The zero-order chi connectivity index (χ0) is 21.7. The number of imidazole rings is 1. The molecule has 1 amide bonds. The molecule has 2 fully saturated rings. The van der Waals surface area contributed by atoms with Gasteiger partial charge in [0.2, 0.25) is 5.95 Å². The lowest BCUT2D eigenvalue weighted by molar-refractivity contribution is 0.0874. The van der Waals surface area contributed by atoms with E-state index in [-0.39, 0.29) is 5.91 Å². The molecule has 4 aromatic rings. The summed E-state index contributed by atoms with van der Waals surface area (Å²) in [4.78, 5) is 23.4. The Morgan fingerprint density at radius 2 is 2.25 bits per heavy atom. The average molecular weight is 448 g/mol. The fraction of sp³-hybridized carbons (Fsp3) is 0.375. The first-order chi connectivity index (χ1) is 15.6. The van der Waals surface area contributed by atoms with Crippen molar-refractivity contribution in [2.45, 2.75) is 38.6 Å². The van der Waals surface area contributed by atoms with E-state index in [1.165, 1.54) is 29.7 Å². The zero-order valence-corrected chi connectivity index (χ0v) is 18.7. The minimum absolute atomic E-state index is 0.149. The van der Waals surface area contributed by atoms with Gasteiger partial charge >= 0.3 is 0 Å². The van der Waals surface area contributed by atoms with Crippen molar-refractivity contribution in [3.63, 3.8) is 0 Å². The Morgan fingerprint density at radius 3 is 3.00 bits per heavy atom.